The average Bonchev–Trinajstić information content (AvgIpc) is 3.15. The normalized spacial score (nSPS) is 26.9. The molecule has 23 heavy (non-hydrogen) atoms. The van der Waals surface area contributed by atoms with Crippen molar-refractivity contribution in [2.45, 2.75) is 21.6 Å². The van der Waals surface area contributed by atoms with Gasteiger partial charge < -0.3 is 10.5 Å². The van der Waals surface area contributed by atoms with Crippen molar-refractivity contribution >= 4 is 9.84 Å². The predicted octanol–water partition coefficient (Wildman–Crippen LogP) is 2.11. The molecule has 0 bridgehead atoms. The monoisotopic (exact) mass is 335 g/mol. The van der Waals surface area contributed by atoms with Gasteiger partial charge in [0, 0.05) is 13.0 Å². The summed E-state index contributed by atoms with van der Waals surface area (Å²) >= 11 is 0. The van der Waals surface area contributed by atoms with Crippen molar-refractivity contribution in [2.75, 3.05) is 13.7 Å². The smallest absolute Gasteiger partial charge is 0.183 e. The zero-order chi connectivity index (χ0) is 16.7. The van der Waals surface area contributed by atoms with E-state index in [4.69, 9.17) is 10.5 Å². The van der Waals surface area contributed by atoms with E-state index in [1.165, 1.54) is 19.2 Å². The van der Waals surface area contributed by atoms with Crippen molar-refractivity contribution in [3.05, 3.63) is 66.0 Å². The summed E-state index contributed by atoms with van der Waals surface area (Å²) in [4.78, 5) is 0.217. The summed E-state index contributed by atoms with van der Waals surface area (Å²) in [6, 6.07) is 14.1. The lowest BCUT2D eigenvalue weighted by atomic mass is 10.1. The van der Waals surface area contributed by atoms with Gasteiger partial charge in [0.05, 0.1) is 22.3 Å². The highest BCUT2D eigenvalue weighted by atomic mass is 32.2. The van der Waals surface area contributed by atoms with E-state index in [0.717, 1.165) is 0 Å². The SMILES string of the molecule is COC[C@@]1(N)[C@H](c2cccc(F)c2)[C@@H]1S(=O)(=O)c1ccccc1. The van der Waals surface area contributed by atoms with Crippen molar-refractivity contribution in [2.24, 2.45) is 5.73 Å². The van der Waals surface area contributed by atoms with Gasteiger partial charge in [0.1, 0.15) is 5.82 Å². The maximum Gasteiger partial charge on any atom is 0.183 e. The second kappa shape index (κ2) is 5.70. The Labute approximate surface area is 135 Å². The van der Waals surface area contributed by atoms with Gasteiger partial charge in [0.15, 0.2) is 9.84 Å². The van der Waals surface area contributed by atoms with Crippen LogP contribution in [-0.2, 0) is 14.6 Å². The van der Waals surface area contributed by atoms with Gasteiger partial charge >= 0.3 is 0 Å². The minimum absolute atomic E-state index is 0.0882. The molecule has 0 radical (unpaired) electrons. The molecule has 1 aliphatic rings. The maximum absolute atomic E-state index is 13.5. The van der Waals surface area contributed by atoms with Crippen LogP contribution in [0.4, 0.5) is 4.39 Å². The quantitative estimate of drug-likeness (QED) is 0.908. The van der Waals surface area contributed by atoms with Gasteiger partial charge in [-0.05, 0) is 29.8 Å². The molecular weight excluding hydrogens is 317 g/mol. The number of benzene rings is 2. The number of nitrogens with two attached hydrogens (primary N) is 1. The van der Waals surface area contributed by atoms with Crippen molar-refractivity contribution in [3.8, 4) is 0 Å². The van der Waals surface area contributed by atoms with Crippen LogP contribution in [-0.4, -0.2) is 32.9 Å². The van der Waals surface area contributed by atoms with Crippen molar-refractivity contribution in [1.29, 1.82) is 0 Å². The average molecular weight is 335 g/mol. The molecule has 2 aromatic carbocycles. The van der Waals surface area contributed by atoms with Crippen LogP contribution in [0.1, 0.15) is 11.5 Å². The summed E-state index contributed by atoms with van der Waals surface area (Å²) in [6.07, 6.45) is 0. The van der Waals surface area contributed by atoms with E-state index in [-0.39, 0.29) is 11.5 Å². The summed E-state index contributed by atoms with van der Waals surface area (Å²) in [7, 11) is -2.16. The molecule has 1 saturated carbocycles. The van der Waals surface area contributed by atoms with Crippen LogP contribution < -0.4 is 5.73 Å². The Bertz CT molecular complexity index is 810. The molecule has 2 N–H and O–H groups in total. The first-order chi connectivity index (χ1) is 10.9. The van der Waals surface area contributed by atoms with Crippen LogP contribution in [0.3, 0.4) is 0 Å². The molecule has 6 heteroatoms. The second-order valence-electron chi connectivity index (χ2n) is 5.86. The number of hydrogen-bond acceptors (Lipinski definition) is 4. The number of halogens is 1. The number of ether oxygens (including phenoxy) is 1. The van der Waals surface area contributed by atoms with Gasteiger partial charge in [-0.1, -0.05) is 30.3 Å². The summed E-state index contributed by atoms with van der Waals surface area (Å²) in [5, 5.41) is -0.834. The first-order valence-electron chi connectivity index (χ1n) is 7.23. The summed E-state index contributed by atoms with van der Waals surface area (Å²) in [5.74, 6) is -0.909. The predicted molar refractivity (Wildman–Crippen MR) is 85.4 cm³/mol. The van der Waals surface area contributed by atoms with Crippen LogP contribution in [0.5, 0.6) is 0 Å². The molecule has 2 aromatic rings. The number of methoxy groups -OCH3 is 1. The van der Waals surface area contributed by atoms with Gasteiger partial charge in [-0.25, -0.2) is 12.8 Å². The Kier molecular flexibility index (Phi) is 4.00. The highest BCUT2D eigenvalue weighted by Gasteiger charge is 2.69. The van der Waals surface area contributed by atoms with E-state index < -0.39 is 32.4 Å². The highest BCUT2D eigenvalue weighted by Crippen LogP contribution is 2.55. The molecule has 1 aliphatic carbocycles. The van der Waals surface area contributed by atoms with Crippen LogP contribution in [0.2, 0.25) is 0 Å². The van der Waals surface area contributed by atoms with Crippen LogP contribution in [0.15, 0.2) is 59.5 Å². The molecule has 4 nitrogen and oxygen atoms in total. The maximum atomic E-state index is 13.5. The first-order valence-corrected chi connectivity index (χ1v) is 8.78. The van der Waals surface area contributed by atoms with E-state index in [1.54, 1.807) is 42.5 Å². The van der Waals surface area contributed by atoms with Gasteiger partial charge in [0.25, 0.3) is 0 Å². The third kappa shape index (κ3) is 2.67. The van der Waals surface area contributed by atoms with Crippen LogP contribution in [0.25, 0.3) is 0 Å². The number of rotatable bonds is 5. The summed E-state index contributed by atoms with van der Waals surface area (Å²) in [6.45, 7) is 0.0882. The number of hydrogen-bond donors (Lipinski definition) is 1. The fourth-order valence-electron chi connectivity index (χ4n) is 3.25. The minimum atomic E-state index is -3.63. The van der Waals surface area contributed by atoms with E-state index in [2.05, 4.69) is 0 Å². The molecule has 0 aliphatic heterocycles. The van der Waals surface area contributed by atoms with Crippen molar-refractivity contribution < 1.29 is 17.5 Å². The second-order valence-corrected chi connectivity index (χ2v) is 7.93. The molecule has 0 amide bonds. The van der Waals surface area contributed by atoms with Crippen LogP contribution in [0, 0.1) is 5.82 Å². The third-order valence-electron chi connectivity index (χ3n) is 4.31. The zero-order valence-electron chi connectivity index (χ0n) is 12.6. The standard InChI is InChI=1S/C17H18FNO3S/c1-22-11-17(19)15(12-6-5-7-13(18)10-12)16(17)23(20,21)14-8-3-2-4-9-14/h2-10,15-16H,11,19H2,1H3/t15-,16+,17-/m1/s1. The molecule has 3 atom stereocenters. The molecule has 1 fully saturated rings. The van der Waals surface area contributed by atoms with Gasteiger partial charge in [0.2, 0.25) is 0 Å². The number of sulfone groups is 1. The lowest BCUT2D eigenvalue weighted by Gasteiger charge is -2.11. The van der Waals surface area contributed by atoms with Gasteiger partial charge in [-0.3, -0.25) is 0 Å². The molecule has 3 rings (SSSR count). The molecule has 0 heterocycles. The van der Waals surface area contributed by atoms with E-state index in [1.807, 2.05) is 0 Å². The van der Waals surface area contributed by atoms with E-state index >= 15 is 0 Å². The topological polar surface area (TPSA) is 69.4 Å². The van der Waals surface area contributed by atoms with Crippen molar-refractivity contribution in [1.82, 2.24) is 0 Å². The fourth-order valence-corrected chi connectivity index (χ4v) is 5.57. The van der Waals surface area contributed by atoms with E-state index in [0.29, 0.717) is 5.56 Å². The largest absolute Gasteiger partial charge is 0.383 e. The van der Waals surface area contributed by atoms with E-state index in [9.17, 15) is 12.8 Å². The Morgan fingerprint density at radius 3 is 2.48 bits per heavy atom. The molecule has 122 valence electrons. The molecule has 0 saturated heterocycles. The third-order valence-corrected chi connectivity index (χ3v) is 6.62. The van der Waals surface area contributed by atoms with Gasteiger partial charge in [-0.2, -0.15) is 0 Å². The Balaban J connectivity index is 2.04. The van der Waals surface area contributed by atoms with Crippen LogP contribution >= 0.6 is 0 Å². The lowest BCUT2D eigenvalue weighted by molar-refractivity contribution is 0.171. The molecule has 0 unspecified atom stereocenters. The highest BCUT2D eigenvalue weighted by molar-refractivity contribution is 7.92. The fraction of sp³-hybridized carbons (Fsp3) is 0.294. The molecule has 0 spiro atoms. The summed E-state index contributed by atoms with van der Waals surface area (Å²) < 4.78 is 44.5. The molecule has 0 aromatic heterocycles. The lowest BCUT2D eigenvalue weighted by Crippen LogP contribution is -2.35. The Morgan fingerprint density at radius 2 is 1.87 bits per heavy atom. The summed E-state index contributed by atoms with van der Waals surface area (Å²) in [5.41, 5.74) is 5.84. The van der Waals surface area contributed by atoms with Crippen molar-refractivity contribution in [3.63, 3.8) is 0 Å². The Morgan fingerprint density at radius 1 is 1.17 bits per heavy atom. The van der Waals surface area contributed by atoms with Gasteiger partial charge in [-0.15, -0.1) is 0 Å². The minimum Gasteiger partial charge on any atom is -0.383 e. The molecular formula is C17H18FNO3S. The Hall–Kier alpha value is -1.76. The first kappa shape index (κ1) is 16.1. The zero-order valence-corrected chi connectivity index (χ0v) is 13.5.